The molecular formula is C15H15F2NO2. The lowest BCUT2D eigenvalue weighted by Crippen LogP contribution is -2.07. The number of aromatic hydroxyl groups is 1. The van der Waals surface area contributed by atoms with Crippen molar-refractivity contribution in [2.75, 3.05) is 5.32 Å². The smallest absolute Gasteiger partial charge is 0.387 e. The Morgan fingerprint density at radius 3 is 2.55 bits per heavy atom. The van der Waals surface area contributed by atoms with Crippen molar-refractivity contribution in [3.8, 4) is 11.5 Å². The molecule has 0 aliphatic rings. The van der Waals surface area contributed by atoms with Crippen LogP contribution in [-0.4, -0.2) is 11.7 Å². The minimum Gasteiger partial charge on any atom is -0.508 e. The first-order chi connectivity index (χ1) is 9.54. The zero-order valence-corrected chi connectivity index (χ0v) is 10.9. The van der Waals surface area contributed by atoms with Crippen molar-refractivity contribution in [3.05, 3.63) is 54.1 Å². The fraction of sp³-hybridized carbons (Fsp3) is 0.200. The molecule has 0 aromatic heterocycles. The van der Waals surface area contributed by atoms with Crippen LogP contribution in [0.2, 0.25) is 0 Å². The molecule has 106 valence electrons. The second-order valence-electron chi connectivity index (χ2n) is 4.37. The minimum atomic E-state index is -2.84. The fourth-order valence-electron chi connectivity index (χ4n) is 1.89. The van der Waals surface area contributed by atoms with Crippen LogP contribution in [0.15, 0.2) is 48.5 Å². The van der Waals surface area contributed by atoms with Crippen molar-refractivity contribution >= 4 is 5.69 Å². The Balaban J connectivity index is 2.09. The SMILES string of the molecule is CC(Nc1cccc(OC(F)F)c1)c1cccc(O)c1. The predicted octanol–water partition coefficient (Wildman–Crippen LogP) is 4.17. The molecule has 2 rings (SSSR count). The van der Waals surface area contributed by atoms with E-state index in [1.165, 1.54) is 12.1 Å². The van der Waals surface area contributed by atoms with E-state index in [-0.39, 0.29) is 17.5 Å². The fourth-order valence-corrected chi connectivity index (χ4v) is 1.89. The lowest BCUT2D eigenvalue weighted by atomic mass is 10.1. The highest BCUT2D eigenvalue weighted by Crippen LogP contribution is 2.25. The highest BCUT2D eigenvalue weighted by atomic mass is 19.3. The number of rotatable bonds is 5. The zero-order chi connectivity index (χ0) is 14.5. The Morgan fingerprint density at radius 2 is 1.85 bits per heavy atom. The minimum absolute atomic E-state index is 0.0797. The zero-order valence-electron chi connectivity index (χ0n) is 10.9. The van der Waals surface area contributed by atoms with E-state index in [0.717, 1.165) is 5.56 Å². The first kappa shape index (κ1) is 14.1. The third kappa shape index (κ3) is 3.85. The maximum atomic E-state index is 12.2. The molecule has 0 aliphatic carbocycles. The second kappa shape index (κ2) is 6.23. The number of alkyl halides is 2. The summed E-state index contributed by atoms with van der Waals surface area (Å²) in [5, 5.41) is 12.6. The highest BCUT2D eigenvalue weighted by Gasteiger charge is 2.08. The third-order valence-corrected chi connectivity index (χ3v) is 2.81. The Labute approximate surface area is 115 Å². The van der Waals surface area contributed by atoms with Crippen LogP contribution in [0.4, 0.5) is 14.5 Å². The summed E-state index contributed by atoms with van der Waals surface area (Å²) < 4.78 is 28.7. The molecule has 0 heterocycles. The van der Waals surface area contributed by atoms with E-state index in [9.17, 15) is 13.9 Å². The molecule has 0 radical (unpaired) electrons. The third-order valence-electron chi connectivity index (χ3n) is 2.81. The van der Waals surface area contributed by atoms with Gasteiger partial charge in [-0.2, -0.15) is 8.78 Å². The number of halogens is 2. The van der Waals surface area contributed by atoms with Crippen LogP contribution in [0.5, 0.6) is 11.5 Å². The lowest BCUT2D eigenvalue weighted by molar-refractivity contribution is -0.0498. The molecule has 2 aromatic carbocycles. The van der Waals surface area contributed by atoms with Gasteiger partial charge in [0.15, 0.2) is 0 Å². The quantitative estimate of drug-likeness (QED) is 0.863. The molecule has 0 bridgehead atoms. The van der Waals surface area contributed by atoms with Crippen LogP contribution in [0.1, 0.15) is 18.5 Å². The molecule has 0 fully saturated rings. The number of nitrogens with one attached hydrogen (secondary N) is 1. The van der Waals surface area contributed by atoms with Crippen LogP contribution >= 0.6 is 0 Å². The Kier molecular flexibility index (Phi) is 4.40. The molecule has 3 nitrogen and oxygen atoms in total. The van der Waals surface area contributed by atoms with E-state index >= 15 is 0 Å². The summed E-state index contributed by atoms with van der Waals surface area (Å²) in [5.41, 5.74) is 1.56. The Morgan fingerprint density at radius 1 is 1.10 bits per heavy atom. The number of hydrogen-bond acceptors (Lipinski definition) is 3. The van der Waals surface area contributed by atoms with Crippen molar-refractivity contribution in [3.63, 3.8) is 0 Å². The highest BCUT2D eigenvalue weighted by molar-refractivity contribution is 5.50. The molecule has 5 heteroatoms. The number of phenols is 1. The molecule has 1 unspecified atom stereocenters. The number of ether oxygens (including phenoxy) is 1. The maximum absolute atomic E-state index is 12.2. The second-order valence-corrected chi connectivity index (χ2v) is 4.37. The summed E-state index contributed by atoms with van der Waals surface area (Å²) in [6.07, 6.45) is 0. The molecule has 20 heavy (non-hydrogen) atoms. The summed E-state index contributed by atoms with van der Waals surface area (Å²) in [6, 6.07) is 13.2. The van der Waals surface area contributed by atoms with Gasteiger partial charge in [0.05, 0.1) is 0 Å². The van der Waals surface area contributed by atoms with Gasteiger partial charge in [-0.05, 0) is 36.8 Å². The van der Waals surface area contributed by atoms with Crippen molar-refractivity contribution in [2.24, 2.45) is 0 Å². The van der Waals surface area contributed by atoms with Crippen LogP contribution in [0, 0.1) is 0 Å². The summed E-state index contributed by atoms with van der Waals surface area (Å²) in [7, 11) is 0. The first-order valence-corrected chi connectivity index (χ1v) is 6.15. The summed E-state index contributed by atoms with van der Waals surface area (Å²) in [4.78, 5) is 0. The van der Waals surface area contributed by atoms with Crippen molar-refractivity contribution in [1.29, 1.82) is 0 Å². The Bertz CT molecular complexity index is 575. The van der Waals surface area contributed by atoms with Crippen molar-refractivity contribution < 1.29 is 18.6 Å². The molecule has 2 N–H and O–H groups in total. The molecule has 0 aliphatic heterocycles. The predicted molar refractivity (Wildman–Crippen MR) is 73.2 cm³/mol. The molecule has 0 saturated carbocycles. The maximum Gasteiger partial charge on any atom is 0.387 e. The summed E-state index contributed by atoms with van der Waals surface area (Å²) in [5.74, 6) is 0.291. The van der Waals surface area contributed by atoms with Gasteiger partial charge in [-0.25, -0.2) is 0 Å². The van der Waals surface area contributed by atoms with E-state index in [0.29, 0.717) is 5.69 Å². The van der Waals surface area contributed by atoms with Gasteiger partial charge in [-0.1, -0.05) is 18.2 Å². The molecule has 2 aromatic rings. The van der Waals surface area contributed by atoms with E-state index in [1.54, 1.807) is 30.3 Å². The number of hydrogen-bond donors (Lipinski definition) is 2. The van der Waals surface area contributed by atoms with Crippen molar-refractivity contribution in [1.82, 2.24) is 0 Å². The van der Waals surface area contributed by atoms with Crippen LogP contribution in [0.25, 0.3) is 0 Å². The lowest BCUT2D eigenvalue weighted by Gasteiger charge is -2.16. The standard InChI is InChI=1S/C15H15F2NO2/c1-10(11-4-2-6-13(19)8-11)18-12-5-3-7-14(9-12)20-15(16)17/h2-10,15,18-19H,1H3. The van der Waals surface area contributed by atoms with Gasteiger partial charge in [0.25, 0.3) is 0 Å². The van der Waals surface area contributed by atoms with Crippen molar-refractivity contribution in [2.45, 2.75) is 19.6 Å². The first-order valence-electron chi connectivity index (χ1n) is 6.15. The van der Waals surface area contributed by atoms with E-state index in [1.807, 2.05) is 13.0 Å². The van der Waals surface area contributed by atoms with E-state index in [4.69, 9.17) is 0 Å². The topological polar surface area (TPSA) is 41.5 Å². The van der Waals surface area contributed by atoms with Crippen LogP contribution in [0.3, 0.4) is 0 Å². The molecule has 0 amide bonds. The molecule has 0 saturated heterocycles. The monoisotopic (exact) mass is 279 g/mol. The van der Waals surface area contributed by atoms with Gasteiger partial charge >= 0.3 is 6.61 Å². The Hall–Kier alpha value is -2.30. The van der Waals surface area contributed by atoms with Gasteiger partial charge < -0.3 is 15.2 Å². The van der Waals surface area contributed by atoms with Gasteiger partial charge in [0.1, 0.15) is 11.5 Å². The van der Waals surface area contributed by atoms with Gasteiger partial charge in [-0.15, -0.1) is 0 Å². The average Bonchev–Trinajstić information content (AvgIpc) is 2.38. The van der Waals surface area contributed by atoms with E-state index < -0.39 is 6.61 Å². The van der Waals surface area contributed by atoms with E-state index in [2.05, 4.69) is 10.1 Å². The van der Waals surface area contributed by atoms with Gasteiger partial charge in [0, 0.05) is 17.8 Å². The van der Waals surface area contributed by atoms with Gasteiger partial charge in [-0.3, -0.25) is 0 Å². The number of phenolic OH excluding ortho intramolecular Hbond substituents is 1. The average molecular weight is 279 g/mol. The van der Waals surface area contributed by atoms with Gasteiger partial charge in [0.2, 0.25) is 0 Å². The summed E-state index contributed by atoms with van der Waals surface area (Å²) in [6.45, 7) is -0.927. The number of anilines is 1. The molecule has 0 spiro atoms. The normalized spacial score (nSPS) is 12.2. The summed E-state index contributed by atoms with van der Waals surface area (Å²) >= 11 is 0. The van der Waals surface area contributed by atoms with Crippen LogP contribution < -0.4 is 10.1 Å². The molecule has 1 atom stereocenters. The van der Waals surface area contributed by atoms with Crippen LogP contribution in [-0.2, 0) is 0 Å². The largest absolute Gasteiger partial charge is 0.508 e. The number of benzene rings is 2. The molecular weight excluding hydrogens is 264 g/mol.